The lowest BCUT2D eigenvalue weighted by molar-refractivity contribution is -0.159. The van der Waals surface area contributed by atoms with Crippen LogP contribution in [0.3, 0.4) is 0 Å². The maximum Gasteiger partial charge on any atom is 0.321 e. The lowest BCUT2D eigenvalue weighted by Crippen LogP contribution is -2.76. The van der Waals surface area contributed by atoms with Gasteiger partial charge in [0.2, 0.25) is 0 Å². The van der Waals surface area contributed by atoms with Gasteiger partial charge in [-0.15, -0.1) is 0 Å². The average Bonchev–Trinajstić information content (AvgIpc) is 3.34. The highest BCUT2D eigenvalue weighted by Crippen LogP contribution is 2.69. The normalized spacial score (nSPS) is 39.3. The lowest BCUT2D eigenvalue weighted by atomic mass is 9.53. The first-order valence-electron chi connectivity index (χ1n) is 13.4. The number of hydrogen-bond donors (Lipinski definition) is 0. The fourth-order valence-corrected chi connectivity index (χ4v) is 9.49. The SMILES string of the molecule is COc1cc2c(cc1OC)[N+]1(Cc3ccccc3)C(=O)C[C@@H]3OCC=C4CN5CC[C@]26[C@@H]5C[C@@H]4[C@@H]3[C@@H]61. The molecule has 7 atom stereocenters. The second-order valence-corrected chi connectivity index (χ2v) is 11.6. The third-order valence-electron chi connectivity index (χ3n) is 10.6. The summed E-state index contributed by atoms with van der Waals surface area (Å²) in [5.41, 5.74) is 5.12. The Kier molecular flexibility index (Phi) is 4.29. The summed E-state index contributed by atoms with van der Waals surface area (Å²) in [7, 11) is 3.41. The van der Waals surface area contributed by atoms with Gasteiger partial charge < -0.3 is 14.2 Å². The lowest BCUT2D eigenvalue weighted by Gasteiger charge is -2.59. The van der Waals surface area contributed by atoms with E-state index < -0.39 is 0 Å². The fraction of sp³-hybridized carbons (Fsp3) is 0.500. The van der Waals surface area contributed by atoms with Crippen LogP contribution in [-0.4, -0.2) is 62.9 Å². The van der Waals surface area contributed by atoms with Gasteiger partial charge in [-0.2, -0.15) is 0 Å². The van der Waals surface area contributed by atoms with Crippen LogP contribution in [0.1, 0.15) is 30.4 Å². The van der Waals surface area contributed by atoms with Gasteiger partial charge in [0.25, 0.3) is 0 Å². The molecule has 1 amide bonds. The number of fused-ring (bicyclic) bond motifs is 2. The minimum atomic E-state index is -0.0849. The van der Waals surface area contributed by atoms with Crippen molar-refractivity contribution in [2.24, 2.45) is 11.8 Å². The Morgan fingerprint density at radius 2 is 1.94 bits per heavy atom. The minimum Gasteiger partial charge on any atom is -0.493 e. The summed E-state index contributed by atoms with van der Waals surface area (Å²) in [5, 5.41) is 0. The predicted molar refractivity (Wildman–Crippen MR) is 136 cm³/mol. The zero-order chi connectivity index (χ0) is 24.2. The number of benzene rings is 2. The van der Waals surface area contributed by atoms with Crippen LogP contribution in [0.2, 0.25) is 0 Å². The van der Waals surface area contributed by atoms with E-state index in [-0.39, 0.29) is 23.5 Å². The van der Waals surface area contributed by atoms with Crippen LogP contribution in [-0.2, 0) is 21.5 Å². The van der Waals surface area contributed by atoms with Crippen molar-refractivity contribution in [3.05, 3.63) is 65.2 Å². The number of quaternary nitrogens is 1. The monoisotopic (exact) mass is 485 g/mol. The molecule has 8 rings (SSSR count). The molecule has 1 aliphatic carbocycles. The molecule has 6 heteroatoms. The maximum absolute atomic E-state index is 14.6. The minimum absolute atomic E-state index is 0.00801. The van der Waals surface area contributed by atoms with E-state index in [1.54, 1.807) is 19.8 Å². The molecule has 1 unspecified atom stereocenters. The van der Waals surface area contributed by atoms with Crippen molar-refractivity contribution in [2.45, 2.75) is 49.4 Å². The standard InChI is InChI=1S/C30H33N2O4/c1-34-23-13-21-22(14-24(23)35-2)32(17-18-6-4-3-5-7-18)27(33)15-25-28-20-12-26-30(21,29(28)32)9-10-31(26)16-19(20)8-11-36-25/h3-8,13-14,20,25-26,28-29H,9-12,15-17H2,1-2H3/q+1/t20-,25-,26-,28-,29-,30+,32?/m0/s1. The van der Waals surface area contributed by atoms with E-state index >= 15 is 0 Å². The zero-order valence-electron chi connectivity index (χ0n) is 21.0. The Hall–Kier alpha value is -2.67. The van der Waals surface area contributed by atoms with Gasteiger partial charge in [0.05, 0.1) is 38.8 Å². The molecule has 186 valence electrons. The first-order chi connectivity index (χ1) is 17.6. The van der Waals surface area contributed by atoms with Crippen LogP contribution in [0.25, 0.3) is 0 Å². The molecule has 3 saturated heterocycles. The van der Waals surface area contributed by atoms with Gasteiger partial charge in [-0.1, -0.05) is 42.0 Å². The molecule has 1 spiro atoms. The molecule has 2 aromatic rings. The number of amides is 1. The Morgan fingerprint density at radius 1 is 1.14 bits per heavy atom. The molecule has 0 aromatic heterocycles. The number of methoxy groups -OCH3 is 2. The van der Waals surface area contributed by atoms with E-state index in [9.17, 15) is 4.79 Å². The molecule has 2 aromatic carbocycles. The van der Waals surface area contributed by atoms with Crippen LogP contribution in [0, 0.1) is 11.8 Å². The fourth-order valence-electron chi connectivity index (χ4n) is 9.49. The summed E-state index contributed by atoms with van der Waals surface area (Å²) in [6.07, 6.45) is 5.06. The van der Waals surface area contributed by atoms with Crippen LogP contribution in [0.5, 0.6) is 11.5 Å². The van der Waals surface area contributed by atoms with Crippen LogP contribution in [0.15, 0.2) is 54.1 Å². The maximum atomic E-state index is 14.6. The summed E-state index contributed by atoms with van der Waals surface area (Å²) >= 11 is 0. The Labute approximate surface area is 212 Å². The molecule has 4 fully saturated rings. The van der Waals surface area contributed by atoms with Gasteiger partial charge >= 0.3 is 5.91 Å². The van der Waals surface area contributed by atoms with Gasteiger partial charge in [0.1, 0.15) is 18.3 Å². The Morgan fingerprint density at radius 3 is 2.75 bits per heavy atom. The van der Waals surface area contributed by atoms with E-state index in [4.69, 9.17) is 14.2 Å². The average molecular weight is 486 g/mol. The summed E-state index contributed by atoms with van der Waals surface area (Å²) in [4.78, 5) is 17.3. The van der Waals surface area contributed by atoms with Gasteiger partial charge in [0, 0.05) is 35.7 Å². The Bertz CT molecular complexity index is 1310. The number of rotatable bonds is 4. The molecule has 0 N–H and O–H groups in total. The topological polar surface area (TPSA) is 48.0 Å². The smallest absolute Gasteiger partial charge is 0.321 e. The first-order valence-corrected chi connectivity index (χ1v) is 13.4. The molecule has 5 aliphatic heterocycles. The van der Waals surface area contributed by atoms with E-state index in [0.717, 1.165) is 30.9 Å². The van der Waals surface area contributed by atoms with Crippen molar-refractivity contribution in [1.29, 1.82) is 0 Å². The molecule has 6 nitrogen and oxygen atoms in total. The highest BCUT2D eigenvalue weighted by atomic mass is 16.5. The second-order valence-electron chi connectivity index (χ2n) is 11.6. The molecule has 0 radical (unpaired) electrons. The third kappa shape index (κ3) is 2.37. The molecular formula is C30H33N2O4+. The van der Waals surface area contributed by atoms with Crippen LogP contribution < -0.4 is 14.0 Å². The van der Waals surface area contributed by atoms with Gasteiger partial charge in [-0.25, -0.2) is 9.28 Å². The summed E-state index contributed by atoms with van der Waals surface area (Å²) in [6, 6.07) is 15.6. The molecule has 5 heterocycles. The molecule has 1 saturated carbocycles. The second kappa shape index (κ2) is 7.21. The van der Waals surface area contributed by atoms with E-state index in [1.165, 1.54) is 17.5 Å². The number of piperidine rings is 2. The highest BCUT2D eigenvalue weighted by Gasteiger charge is 2.78. The van der Waals surface area contributed by atoms with Crippen molar-refractivity contribution < 1.29 is 19.0 Å². The van der Waals surface area contributed by atoms with Crippen molar-refractivity contribution in [3.8, 4) is 11.5 Å². The van der Waals surface area contributed by atoms with Crippen molar-refractivity contribution in [2.75, 3.05) is 33.9 Å². The Balaban J connectivity index is 1.46. The van der Waals surface area contributed by atoms with Crippen LogP contribution in [0.4, 0.5) is 5.69 Å². The molecule has 6 aliphatic rings. The highest BCUT2D eigenvalue weighted by molar-refractivity contribution is 5.95. The number of carbonyl (C=O) groups is 1. The number of nitrogens with zero attached hydrogens (tertiary/aromatic N) is 2. The van der Waals surface area contributed by atoms with Crippen LogP contribution >= 0.6 is 0 Å². The van der Waals surface area contributed by atoms with Crippen molar-refractivity contribution in [1.82, 2.24) is 9.38 Å². The summed E-state index contributed by atoms with van der Waals surface area (Å²) < 4.78 is 18.6. The number of carbonyl (C=O) groups excluding carboxylic acids is 1. The third-order valence-corrected chi connectivity index (χ3v) is 10.6. The molecule has 2 bridgehead atoms. The zero-order valence-corrected chi connectivity index (χ0v) is 21.0. The summed E-state index contributed by atoms with van der Waals surface area (Å²) in [5.74, 6) is 2.59. The van der Waals surface area contributed by atoms with E-state index in [2.05, 4.69) is 53.4 Å². The van der Waals surface area contributed by atoms with E-state index in [0.29, 0.717) is 47.7 Å². The van der Waals surface area contributed by atoms with Gasteiger partial charge in [-0.05, 0) is 31.4 Å². The predicted octanol–water partition coefficient (Wildman–Crippen LogP) is 3.81. The van der Waals surface area contributed by atoms with E-state index in [1.807, 2.05) is 0 Å². The number of hydrogen-bond acceptors (Lipinski definition) is 5. The molecular weight excluding hydrogens is 452 g/mol. The first kappa shape index (κ1) is 21.4. The summed E-state index contributed by atoms with van der Waals surface area (Å²) in [6.45, 7) is 3.44. The van der Waals surface area contributed by atoms with Crippen molar-refractivity contribution >= 4 is 11.6 Å². The number of ether oxygens (including phenoxy) is 3. The quantitative estimate of drug-likeness (QED) is 0.487. The van der Waals surface area contributed by atoms with Gasteiger partial charge in [0.15, 0.2) is 11.5 Å². The van der Waals surface area contributed by atoms with Crippen molar-refractivity contribution in [3.63, 3.8) is 0 Å². The molecule has 36 heavy (non-hydrogen) atoms. The largest absolute Gasteiger partial charge is 0.493 e. The van der Waals surface area contributed by atoms with Gasteiger partial charge in [-0.3, -0.25) is 4.90 Å².